The fourth-order valence-corrected chi connectivity index (χ4v) is 4.96. The first-order valence-corrected chi connectivity index (χ1v) is 13.1. The minimum absolute atomic E-state index is 0.0124. The van der Waals surface area contributed by atoms with E-state index in [1.807, 2.05) is 50.2 Å². The zero-order valence-electron chi connectivity index (χ0n) is 19.5. The minimum atomic E-state index is -4.26. The summed E-state index contributed by atoms with van der Waals surface area (Å²) < 4.78 is 25.2. The third kappa shape index (κ3) is 4.44. The predicted octanol–water partition coefficient (Wildman–Crippen LogP) is 6.05. The maximum atomic E-state index is 11.5. The molecule has 0 spiro atoms. The molecule has 5 aromatic rings. The Kier molecular flexibility index (Phi) is 6.12. The first-order chi connectivity index (χ1) is 16.9. The molecular formula is C28H26NO5P. The minimum Gasteiger partial charge on any atom is -0.494 e. The van der Waals surface area contributed by atoms with Crippen molar-refractivity contribution in [3.63, 3.8) is 0 Å². The van der Waals surface area contributed by atoms with Crippen molar-refractivity contribution in [1.29, 1.82) is 0 Å². The molecule has 0 amide bonds. The van der Waals surface area contributed by atoms with E-state index >= 15 is 0 Å². The molecule has 0 atom stereocenters. The molecule has 0 aliphatic rings. The largest absolute Gasteiger partial charge is 0.494 e. The molecule has 0 bridgehead atoms. The molecule has 2 N–H and O–H groups in total. The monoisotopic (exact) mass is 487 g/mol. The maximum Gasteiger partial charge on any atom is 0.356 e. The highest BCUT2D eigenvalue weighted by atomic mass is 31.2. The highest BCUT2D eigenvalue weighted by Gasteiger charge is 2.17. The van der Waals surface area contributed by atoms with Gasteiger partial charge < -0.3 is 23.8 Å². The van der Waals surface area contributed by atoms with Gasteiger partial charge >= 0.3 is 7.60 Å². The van der Waals surface area contributed by atoms with E-state index in [1.54, 1.807) is 12.1 Å². The van der Waals surface area contributed by atoms with Crippen molar-refractivity contribution < 1.29 is 23.8 Å². The molecule has 0 aliphatic heterocycles. The van der Waals surface area contributed by atoms with Crippen LogP contribution < -0.4 is 14.8 Å². The van der Waals surface area contributed by atoms with Crippen LogP contribution in [0.3, 0.4) is 0 Å². The van der Waals surface area contributed by atoms with E-state index in [9.17, 15) is 14.4 Å². The summed E-state index contributed by atoms with van der Waals surface area (Å²) in [5.41, 5.74) is 4.91. The topological polar surface area (TPSA) is 80.9 Å². The van der Waals surface area contributed by atoms with Gasteiger partial charge in [0.05, 0.1) is 29.6 Å². The summed E-state index contributed by atoms with van der Waals surface area (Å²) >= 11 is 0. The average molecular weight is 487 g/mol. The van der Waals surface area contributed by atoms with Crippen molar-refractivity contribution in [2.24, 2.45) is 0 Å². The van der Waals surface area contributed by atoms with E-state index in [4.69, 9.17) is 9.47 Å². The third-order valence-corrected chi connectivity index (χ3v) is 6.97. The van der Waals surface area contributed by atoms with Gasteiger partial charge in [0.15, 0.2) is 0 Å². The van der Waals surface area contributed by atoms with Gasteiger partial charge in [0.2, 0.25) is 0 Å². The van der Waals surface area contributed by atoms with E-state index < -0.39 is 7.60 Å². The lowest BCUT2D eigenvalue weighted by atomic mass is 10.1. The predicted molar refractivity (Wildman–Crippen MR) is 140 cm³/mol. The second-order valence-corrected chi connectivity index (χ2v) is 9.80. The lowest BCUT2D eigenvalue weighted by Gasteiger charge is -2.11. The Morgan fingerprint density at radius 1 is 0.686 bits per heavy atom. The summed E-state index contributed by atoms with van der Waals surface area (Å²) in [6, 6.07) is 26.8. The molecular weight excluding hydrogens is 461 g/mol. The standard InChI is InChI=1S/C28H26NO5P/c1-3-33-22-11-15-25-26-16-12-23(34-4-2)18-28(26)29(27(25)17-22)21-9-5-19(6-10-21)20-7-13-24(14-8-20)35(30,31)32/h5-18H,3-4H2,1-2H3,(H2,30,31,32). The molecule has 0 unspecified atom stereocenters. The van der Waals surface area contributed by atoms with Gasteiger partial charge in [-0.15, -0.1) is 0 Å². The van der Waals surface area contributed by atoms with E-state index in [1.165, 1.54) is 12.1 Å². The first kappa shape index (κ1) is 23.2. The van der Waals surface area contributed by atoms with Crippen molar-refractivity contribution in [2.75, 3.05) is 13.2 Å². The highest BCUT2D eigenvalue weighted by Crippen LogP contribution is 2.37. The van der Waals surface area contributed by atoms with Crippen LogP contribution in [0, 0.1) is 0 Å². The molecule has 0 aliphatic carbocycles. The number of fused-ring (bicyclic) bond motifs is 3. The number of rotatable bonds is 7. The molecule has 0 saturated carbocycles. The summed E-state index contributed by atoms with van der Waals surface area (Å²) in [6.07, 6.45) is 0. The summed E-state index contributed by atoms with van der Waals surface area (Å²) in [5.74, 6) is 1.63. The SMILES string of the molecule is CCOc1ccc2c3ccc(OCC)cc3n(-c3ccc(-c4ccc(P(=O)(O)O)cc4)cc3)c2c1. The number of hydrogen-bond donors (Lipinski definition) is 2. The lowest BCUT2D eigenvalue weighted by molar-refractivity contribution is 0.340. The van der Waals surface area contributed by atoms with Gasteiger partial charge in [-0.2, -0.15) is 0 Å². The van der Waals surface area contributed by atoms with Crippen molar-refractivity contribution in [3.05, 3.63) is 84.9 Å². The van der Waals surface area contributed by atoms with E-state index in [0.29, 0.717) is 13.2 Å². The Hall–Kier alpha value is -3.57. The first-order valence-electron chi connectivity index (χ1n) is 11.5. The van der Waals surface area contributed by atoms with Gasteiger partial charge in [-0.3, -0.25) is 4.57 Å². The van der Waals surface area contributed by atoms with Crippen molar-refractivity contribution in [2.45, 2.75) is 13.8 Å². The fraction of sp³-hybridized carbons (Fsp3) is 0.143. The van der Waals surface area contributed by atoms with Crippen LogP contribution >= 0.6 is 7.60 Å². The smallest absolute Gasteiger partial charge is 0.356 e. The van der Waals surface area contributed by atoms with Crippen LogP contribution in [-0.4, -0.2) is 27.6 Å². The second-order valence-electron chi connectivity index (χ2n) is 8.20. The van der Waals surface area contributed by atoms with Crippen LogP contribution in [0.25, 0.3) is 38.6 Å². The van der Waals surface area contributed by atoms with Crippen molar-refractivity contribution >= 4 is 34.7 Å². The molecule has 0 fully saturated rings. The summed E-state index contributed by atoms with van der Waals surface area (Å²) in [7, 11) is -4.26. The molecule has 4 aromatic carbocycles. The zero-order valence-corrected chi connectivity index (χ0v) is 20.4. The Balaban J connectivity index is 1.63. The number of nitrogens with zero attached hydrogens (tertiary/aromatic N) is 1. The van der Waals surface area contributed by atoms with Crippen LogP contribution in [0.4, 0.5) is 0 Å². The molecule has 0 saturated heterocycles. The van der Waals surface area contributed by atoms with E-state index in [0.717, 1.165) is 50.1 Å². The number of hydrogen-bond acceptors (Lipinski definition) is 3. The summed E-state index contributed by atoms with van der Waals surface area (Å²) in [6.45, 7) is 5.13. The molecule has 7 heteroatoms. The van der Waals surface area contributed by atoms with Crippen LogP contribution in [0.15, 0.2) is 84.9 Å². The average Bonchev–Trinajstić information content (AvgIpc) is 3.17. The van der Waals surface area contributed by atoms with Gasteiger partial charge in [-0.05, 0) is 73.5 Å². The van der Waals surface area contributed by atoms with Crippen molar-refractivity contribution in [3.8, 4) is 28.3 Å². The normalized spacial score (nSPS) is 11.8. The zero-order chi connectivity index (χ0) is 24.6. The number of benzene rings is 4. The quantitative estimate of drug-likeness (QED) is 0.273. The van der Waals surface area contributed by atoms with Gasteiger partial charge in [-0.1, -0.05) is 24.3 Å². The van der Waals surface area contributed by atoms with Crippen LogP contribution in [0.5, 0.6) is 11.5 Å². The lowest BCUT2D eigenvalue weighted by Crippen LogP contribution is -2.02. The fourth-order valence-electron chi connectivity index (χ4n) is 4.42. The number of ether oxygens (including phenoxy) is 2. The van der Waals surface area contributed by atoms with Crippen molar-refractivity contribution in [1.82, 2.24) is 4.57 Å². The third-order valence-electron chi connectivity index (χ3n) is 5.99. The maximum absolute atomic E-state index is 11.5. The molecule has 0 radical (unpaired) electrons. The van der Waals surface area contributed by atoms with Gasteiger partial charge in [0, 0.05) is 28.6 Å². The van der Waals surface area contributed by atoms with E-state index in [-0.39, 0.29) is 5.30 Å². The Labute approximate surface area is 203 Å². The second kappa shape index (κ2) is 9.23. The molecule has 35 heavy (non-hydrogen) atoms. The molecule has 1 heterocycles. The Morgan fingerprint density at radius 3 is 1.57 bits per heavy atom. The molecule has 178 valence electrons. The summed E-state index contributed by atoms with van der Waals surface area (Å²) in [5, 5.41) is 2.27. The molecule has 5 rings (SSSR count). The Morgan fingerprint density at radius 2 is 1.14 bits per heavy atom. The van der Waals surface area contributed by atoms with Crippen LogP contribution in [0.2, 0.25) is 0 Å². The summed E-state index contributed by atoms with van der Waals surface area (Å²) in [4.78, 5) is 18.7. The Bertz CT molecular complexity index is 1490. The van der Waals surface area contributed by atoms with Crippen LogP contribution in [0.1, 0.15) is 13.8 Å². The van der Waals surface area contributed by atoms with Gasteiger partial charge in [0.1, 0.15) is 11.5 Å². The highest BCUT2D eigenvalue weighted by molar-refractivity contribution is 7.60. The molecule has 1 aromatic heterocycles. The van der Waals surface area contributed by atoms with Crippen LogP contribution in [-0.2, 0) is 4.57 Å². The van der Waals surface area contributed by atoms with Gasteiger partial charge in [-0.25, -0.2) is 0 Å². The molecule has 6 nitrogen and oxygen atoms in total. The van der Waals surface area contributed by atoms with E-state index in [2.05, 4.69) is 28.8 Å². The van der Waals surface area contributed by atoms with Gasteiger partial charge in [0.25, 0.3) is 0 Å². The number of aromatic nitrogens is 1.